The Labute approximate surface area is 113 Å². The van der Waals surface area contributed by atoms with Gasteiger partial charge in [-0.15, -0.1) is 0 Å². The summed E-state index contributed by atoms with van der Waals surface area (Å²) in [7, 11) is 0. The first-order valence-corrected chi connectivity index (χ1v) is 6.25. The third-order valence-electron chi connectivity index (χ3n) is 3.48. The van der Waals surface area contributed by atoms with Crippen LogP contribution in [-0.2, 0) is 11.2 Å². The van der Waals surface area contributed by atoms with Crippen molar-refractivity contribution in [1.82, 2.24) is 9.97 Å². The maximum absolute atomic E-state index is 11.7. The Bertz CT molecular complexity index is 462. The fraction of sp³-hybridized carbons (Fsp3) is 0.583. The summed E-state index contributed by atoms with van der Waals surface area (Å²) in [4.78, 5) is 19.9. The highest BCUT2D eigenvalue weighted by molar-refractivity contribution is 5.88. The highest BCUT2D eigenvalue weighted by Crippen LogP contribution is 2.26. The van der Waals surface area contributed by atoms with Crippen LogP contribution in [-0.4, -0.2) is 21.4 Å². The third-order valence-corrected chi connectivity index (χ3v) is 3.48. The maximum Gasteiger partial charge on any atom is 0.243 e. The summed E-state index contributed by atoms with van der Waals surface area (Å²) in [5, 5.41) is 3.13. The second-order valence-electron chi connectivity index (χ2n) is 4.89. The largest absolute Gasteiger partial charge is 0.368 e. The number of nitrogen functional groups attached to an aromatic ring is 1. The van der Waals surface area contributed by atoms with Crippen molar-refractivity contribution in [2.75, 3.05) is 10.7 Å². The van der Waals surface area contributed by atoms with E-state index in [1.807, 2.05) is 20.8 Å². The predicted molar refractivity (Wildman–Crippen MR) is 75.3 cm³/mol. The molecule has 0 aromatic carbocycles. The van der Waals surface area contributed by atoms with Gasteiger partial charge >= 0.3 is 0 Å². The number of hydrogen-bond acceptors (Lipinski definition) is 6. The Hall–Kier alpha value is -1.89. The smallest absolute Gasteiger partial charge is 0.243 e. The molecule has 0 aliphatic heterocycles. The molecule has 1 atom stereocenters. The predicted octanol–water partition coefficient (Wildman–Crippen LogP) is 0.637. The van der Waals surface area contributed by atoms with Crippen molar-refractivity contribution in [3.8, 4) is 0 Å². The minimum Gasteiger partial charge on any atom is -0.368 e. The number of primary amides is 1. The van der Waals surface area contributed by atoms with Crippen LogP contribution in [0, 0.1) is 5.92 Å². The van der Waals surface area contributed by atoms with Crippen LogP contribution in [0.2, 0.25) is 0 Å². The van der Waals surface area contributed by atoms with Gasteiger partial charge in [0.15, 0.2) is 0 Å². The van der Waals surface area contributed by atoms with E-state index in [1.54, 1.807) is 6.92 Å². The summed E-state index contributed by atoms with van der Waals surface area (Å²) in [6.07, 6.45) is 2.06. The van der Waals surface area contributed by atoms with E-state index < -0.39 is 11.4 Å². The van der Waals surface area contributed by atoms with E-state index in [0.717, 1.165) is 5.56 Å². The molecule has 0 spiro atoms. The number of nitrogens with two attached hydrogens (primary N) is 2. The molecule has 106 valence electrons. The van der Waals surface area contributed by atoms with E-state index >= 15 is 0 Å². The van der Waals surface area contributed by atoms with Gasteiger partial charge in [0.05, 0.1) is 0 Å². The lowest BCUT2D eigenvalue weighted by Crippen LogP contribution is -2.52. The summed E-state index contributed by atoms with van der Waals surface area (Å²) >= 11 is 0. The number of amides is 1. The molecular weight excluding hydrogens is 244 g/mol. The van der Waals surface area contributed by atoms with Crippen molar-refractivity contribution in [3.05, 3.63) is 11.9 Å². The van der Waals surface area contributed by atoms with Crippen LogP contribution in [0.4, 0.5) is 11.6 Å². The normalized spacial score (nSPS) is 14.0. The van der Waals surface area contributed by atoms with Crippen LogP contribution in [0.3, 0.4) is 0 Å². The van der Waals surface area contributed by atoms with Gasteiger partial charge in [0, 0.05) is 5.56 Å². The molecule has 1 rings (SSSR count). The zero-order valence-corrected chi connectivity index (χ0v) is 11.8. The Morgan fingerprint density at radius 1 is 1.42 bits per heavy atom. The van der Waals surface area contributed by atoms with Gasteiger partial charge in [-0.25, -0.2) is 15.8 Å². The van der Waals surface area contributed by atoms with Crippen molar-refractivity contribution in [1.29, 1.82) is 0 Å². The standard InChI is InChI=1S/C12H22N6O/c1-5-8-9(15-6-16-10(8)18-14)17-12(4,7(2)3)11(13)19/h6-7H,5,14H2,1-4H3,(H2,13,19)(H2,15,16,17,18). The molecule has 0 radical (unpaired) electrons. The quantitative estimate of drug-likeness (QED) is 0.443. The van der Waals surface area contributed by atoms with Gasteiger partial charge in [0.2, 0.25) is 5.91 Å². The van der Waals surface area contributed by atoms with Gasteiger partial charge < -0.3 is 16.5 Å². The summed E-state index contributed by atoms with van der Waals surface area (Å²) in [5.74, 6) is 6.11. The van der Waals surface area contributed by atoms with Crippen LogP contribution in [0.25, 0.3) is 0 Å². The van der Waals surface area contributed by atoms with Gasteiger partial charge in [-0.1, -0.05) is 20.8 Å². The second-order valence-corrected chi connectivity index (χ2v) is 4.89. The summed E-state index contributed by atoms with van der Waals surface area (Å²) in [5.41, 5.74) is 7.95. The van der Waals surface area contributed by atoms with E-state index in [9.17, 15) is 4.79 Å². The van der Waals surface area contributed by atoms with E-state index in [2.05, 4.69) is 20.7 Å². The Balaban J connectivity index is 3.21. The third kappa shape index (κ3) is 2.93. The molecule has 0 fully saturated rings. The molecule has 1 amide bonds. The van der Waals surface area contributed by atoms with Gasteiger partial charge in [-0.05, 0) is 19.3 Å². The molecule has 0 bridgehead atoms. The minimum absolute atomic E-state index is 0.0129. The lowest BCUT2D eigenvalue weighted by atomic mass is 9.87. The van der Waals surface area contributed by atoms with Gasteiger partial charge in [-0.3, -0.25) is 4.79 Å². The number of hydrazine groups is 1. The Kier molecular flexibility index (Phi) is 4.66. The molecule has 7 heteroatoms. The second kappa shape index (κ2) is 5.83. The molecule has 6 N–H and O–H groups in total. The molecule has 0 aliphatic rings. The zero-order valence-electron chi connectivity index (χ0n) is 11.8. The fourth-order valence-electron chi connectivity index (χ4n) is 1.72. The van der Waals surface area contributed by atoms with Crippen molar-refractivity contribution < 1.29 is 4.79 Å². The lowest BCUT2D eigenvalue weighted by molar-refractivity contribution is -0.123. The number of anilines is 2. The molecule has 19 heavy (non-hydrogen) atoms. The molecule has 0 saturated heterocycles. The fourth-order valence-corrected chi connectivity index (χ4v) is 1.72. The topological polar surface area (TPSA) is 119 Å². The molecule has 1 aromatic heterocycles. The summed E-state index contributed by atoms with van der Waals surface area (Å²) in [6, 6.07) is 0. The summed E-state index contributed by atoms with van der Waals surface area (Å²) < 4.78 is 0. The van der Waals surface area contributed by atoms with Gasteiger partial charge in [0.1, 0.15) is 23.5 Å². The average molecular weight is 266 g/mol. The molecule has 7 nitrogen and oxygen atoms in total. The maximum atomic E-state index is 11.7. The van der Waals surface area contributed by atoms with Crippen molar-refractivity contribution in [2.24, 2.45) is 17.5 Å². The number of hydrogen-bond donors (Lipinski definition) is 4. The van der Waals surface area contributed by atoms with Crippen LogP contribution in [0.1, 0.15) is 33.3 Å². The van der Waals surface area contributed by atoms with Gasteiger partial charge in [-0.2, -0.15) is 0 Å². The number of nitrogens with one attached hydrogen (secondary N) is 2. The number of rotatable bonds is 6. The molecular formula is C12H22N6O. The first-order chi connectivity index (χ1) is 8.86. The average Bonchev–Trinajstić information content (AvgIpc) is 2.37. The number of aromatic nitrogens is 2. The number of nitrogens with zero attached hydrogens (tertiary/aromatic N) is 2. The van der Waals surface area contributed by atoms with Gasteiger partial charge in [0.25, 0.3) is 0 Å². The first-order valence-electron chi connectivity index (χ1n) is 6.25. The van der Waals surface area contributed by atoms with E-state index in [4.69, 9.17) is 11.6 Å². The van der Waals surface area contributed by atoms with E-state index in [1.165, 1.54) is 6.33 Å². The molecule has 1 aromatic rings. The van der Waals surface area contributed by atoms with E-state index in [-0.39, 0.29) is 5.92 Å². The molecule has 1 heterocycles. The number of carbonyl (C=O) groups excluding carboxylic acids is 1. The SMILES string of the molecule is CCc1c(NN)ncnc1NC(C)(C(N)=O)C(C)C. The Morgan fingerprint density at radius 2 is 2.00 bits per heavy atom. The van der Waals surface area contributed by atoms with Crippen molar-refractivity contribution in [2.45, 2.75) is 39.7 Å². The Morgan fingerprint density at radius 3 is 2.42 bits per heavy atom. The minimum atomic E-state index is -0.885. The summed E-state index contributed by atoms with van der Waals surface area (Å²) in [6.45, 7) is 7.57. The van der Waals surface area contributed by atoms with Crippen LogP contribution >= 0.6 is 0 Å². The lowest BCUT2D eigenvalue weighted by Gasteiger charge is -2.32. The number of carbonyl (C=O) groups is 1. The molecule has 1 unspecified atom stereocenters. The zero-order chi connectivity index (χ0) is 14.6. The molecule has 0 aliphatic carbocycles. The highest BCUT2D eigenvalue weighted by Gasteiger charge is 2.35. The van der Waals surface area contributed by atoms with Crippen LogP contribution in [0.15, 0.2) is 6.33 Å². The van der Waals surface area contributed by atoms with Crippen molar-refractivity contribution in [3.63, 3.8) is 0 Å². The monoisotopic (exact) mass is 266 g/mol. The van der Waals surface area contributed by atoms with E-state index in [0.29, 0.717) is 18.1 Å². The first kappa shape index (κ1) is 15.2. The van der Waals surface area contributed by atoms with Crippen LogP contribution in [0.5, 0.6) is 0 Å². The van der Waals surface area contributed by atoms with Crippen LogP contribution < -0.4 is 22.3 Å². The van der Waals surface area contributed by atoms with Crippen molar-refractivity contribution >= 4 is 17.5 Å². The molecule has 0 saturated carbocycles. The highest BCUT2D eigenvalue weighted by atomic mass is 16.1.